The summed E-state index contributed by atoms with van der Waals surface area (Å²) in [4.78, 5) is 19.7. The van der Waals surface area contributed by atoms with E-state index < -0.39 is 0 Å². The van der Waals surface area contributed by atoms with Gasteiger partial charge in [-0.1, -0.05) is 32.9 Å². The predicted octanol–water partition coefficient (Wildman–Crippen LogP) is 4.85. The third-order valence-corrected chi connectivity index (χ3v) is 7.25. The highest BCUT2D eigenvalue weighted by atomic mass is 35.5. The van der Waals surface area contributed by atoms with Gasteiger partial charge < -0.3 is 21.3 Å². The number of amides is 1. The third-order valence-electron chi connectivity index (χ3n) is 6.30. The monoisotopic (exact) mass is 507 g/mol. The van der Waals surface area contributed by atoms with Gasteiger partial charge in [-0.15, -0.1) is 23.7 Å². The molecule has 6 nitrogen and oxygen atoms in total. The topological polar surface area (TPSA) is 83.3 Å². The molecule has 0 saturated heterocycles. The van der Waals surface area contributed by atoms with Gasteiger partial charge >= 0.3 is 0 Å². The first-order valence-electron chi connectivity index (χ1n) is 12.6. The second kappa shape index (κ2) is 14.7. The molecule has 1 amide bonds. The SMILES string of the molecule is CCCN(CCC)CCc1cccc2c1CC(=O)N2.CCCN[C@H]1CCc2nc(N)sc2C1.Cl. The van der Waals surface area contributed by atoms with Gasteiger partial charge in [-0.25, -0.2) is 4.98 Å². The molecule has 2 aromatic rings. The molecule has 0 saturated carbocycles. The number of fused-ring (bicyclic) bond motifs is 2. The summed E-state index contributed by atoms with van der Waals surface area (Å²) in [6, 6.07) is 6.85. The first-order chi connectivity index (χ1) is 16.0. The Kier molecular flexibility index (Phi) is 12.3. The van der Waals surface area contributed by atoms with Crippen molar-refractivity contribution >= 4 is 40.5 Å². The van der Waals surface area contributed by atoms with E-state index in [4.69, 9.17) is 5.73 Å². The van der Waals surface area contributed by atoms with E-state index in [9.17, 15) is 4.79 Å². The second-order valence-electron chi connectivity index (χ2n) is 9.08. The van der Waals surface area contributed by atoms with Gasteiger partial charge in [0.2, 0.25) is 5.91 Å². The van der Waals surface area contributed by atoms with Crippen LogP contribution in [0.25, 0.3) is 0 Å². The van der Waals surface area contributed by atoms with Gasteiger partial charge in [-0.3, -0.25) is 4.79 Å². The number of nitrogen functional groups attached to an aromatic ring is 1. The molecule has 4 N–H and O–H groups in total. The number of benzene rings is 1. The zero-order chi connectivity index (χ0) is 23.6. The number of aromatic nitrogens is 1. The third kappa shape index (κ3) is 8.22. The Bertz CT molecular complexity index is 897. The van der Waals surface area contributed by atoms with Crippen LogP contribution in [0.4, 0.5) is 10.8 Å². The summed E-state index contributed by atoms with van der Waals surface area (Å²) >= 11 is 1.65. The minimum absolute atomic E-state index is 0. The van der Waals surface area contributed by atoms with Crippen molar-refractivity contribution in [3.05, 3.63) is 39.9 Å². The summed E-state index contributed by atoms with van der Waals surface area (Å²) in [6.45, 7) is 11.2. The Morgan fingerprint density at radius 1 is 1.18 bits per heavy atom. The lowest BCUT2D eigenvalue weighted by atomic mass is 9.98. The quantitative estimate of drug-likeness (QED) is 0.428. The average Bonchev–Trinajstić information content (AvgIpc) is 3.37. The first-order valence-corrected chi connectivity index (χ1v) is 13.5. The van der Waals surface area contributed by atoms with Crippen LogP contribution in [0.15, 0.2) is 18.2 Å². The highest BCUT2D eigenvalue weighted by Gasteiger charge is 2.21. The number of nitrogens with one attached hydrogen (secondary N) is 2. The van der Waals surface area contributed by atoms with Crippen LogP contribution in [0, 0.1) is 0 Å². The van der Waals surface area contributed by atoms with E-state index in [1.807, 2.05) is 12.1 Å². The predicted molar refractivity (Wildman–Crippen MR) is 147 cm³/mol. The van der Waals surface area contributed by atoms with Crippen LogP contribution in [0.5, 0.6) is 0 Å². The minimum atomic E-state index is 0. The normalized spacial score (nSPS) is 16.2. The van der Waals surface area contributed by atoms with E-state index in [0.29, 0.717) is 12.5 Å². The lowest BCUT2D eigenvalue weighted by Crippen LogP contribution is -2.34. The molecule has 1 aliphatic heterocycles. The van der Waals surface area contributed by atoms with Gasteiger partial charge in [0.1, 0.15) is 0 Å². The van der Waals surface area contributed by atoms with Crippen molar-refractivity contribution in [3.63, 3.8) is 0 Å². The molecule has 34 heavy (non-hydrogen) atoms. The van der Waals surface area contributed by atoms with Gasteiger partial charge in [-0.05, 0) is 81.8 Å². The summed E-state index contributed by atoms with van der Waals surface area (Å²) in [5.41, 5.74) is 10.5. The molecule has 0 spiro atoms. The van der Waals surface area contributed by atoms with Crippen molar-refractivity contribution in [3.8, 4) is 0 Å². The number of carbonyl (C=O) groups is 1. The van der Waals surface area contributed by atoms with Crippen molar-refractivity contribution in [1.29, 1.82) is 0 Å². The van der Waals surface area contributed by atoms with E-state index in [2.05, 4.69) is 47.4 Å². The van der Waals surface area contributed by atoms with Gasteiger partial charge in [0.15, 0.2) is 5.13 Å². The van der Waals surface area contributed by atoms with E-state index in [0.717, 1.165) is 43.2 Å². The molecule has 8 heteroatoms. The maximum Gasteiger partial charge on any atom is 0.228 e. The Balaban J connectivity index is 0.000000243. The number of aryl methyl sites for hydroxylation is 1. The van der Waals surface area contributed by atoms with Crippen molar-refractivity contribution in [2.24, 2.45) is 0 Å². The number of anilines is 2. The van der Waals surface area contributed by atoms with E-state index >= 15 is 0 Å². The fourth-order valence-corrected chi connectivity index (χ4v) is 5.67. The summed E-state index contributed by atoms with van der Waals surface area (Å²) in [5.74, 6) is 0.126. The van der Waals surface area contributed by atoms with Gasteiger partial charge in [0.05, 0.1) is 12.1 Å². The summed E-state index contributed by atoms with van der Waals surface area (Å²) < 4.78 is 0. The highest BCUT2D eigenvalue weighted by Crippen LogP contribution is 2.28. The molecule has 0 radical (unpaired) electrons. The van der Waals surface area contributed by atoms with Crippen LogP contribution in [-0.2, 0) is 30.5 Å². The minimum Gasteiger partial charge on any atom is -0.375 e. The average molecular weight is 508 g/mol. The molecule has 4 rings (SSSR count). The van der Waals surface area contributed by atoms with Crippen molar-refractivity contribution in [2.45, 2.75) is 78.2 Å². The molecular formula is C26H42ClN5OS. The Labute approximate surface area is 215 Å². The number of nitrogens with zero attached hydrogens (tertiary/aromatic N) is 2. The molecule has 0 bridgehead atoms. The zero-order valence-corrected chi connectivity index (χ0v) is 22.6. The number of hydrogen-bond donors (Lipinski definition) is 3. The number of nitrogens with two attached hydrogens (primary N) is 1. The lowest BCUT2D eigenvalue weighted by molar-refractivity contribution is -0.115. The fraction of sp³-hybridized carbons (Fsp3) is 0.615. The maximum atomic E-state index is 11.5. The molecule has 0 fully saturated rings. The highest BCUT2D eigenvalue weighted by molar-refractivity contribution is 7.15. The number of halogens is 1. The van der Waals surface area contributed by atoms with Crippen molar-refractivity contribution in [2.75, 3.05) is 37.2 Å². The number of carbonyl (C=O) groups excluding carboxylic acids is 1. The second-order valence-corrected chi connectivity index (χ2v) is 10.2. The van der Waals surface area contributed by atoms with Gasteiger partial charge in [-0.2, -0.15) is 0 Å². The zero-order valence-electron chi connectivity index (χ0n) is 21.0. The van der Waals surface area contributed by atoms with E-state index in [1.165, 1.54) is 60.5 Å². The Hall–Kier alpha value is -1.67. The Morgan fingerprint density at radius 2 is 1.94 bits per heavy atom. The molecule has 2 heterocycles. The summed E-state index contributed by atoms with van der Waals surface area (Å²) in [7, 11) is 0. The fourth-order valence-electron chi connectivity index (χ4n) is 4.71. The number of rotatable bonds is 10. The molecule has 1 aromatic carbocycles. The van der Waals surface area contributed by atoms with Gasteiger partial charge in [0, 0.05) is 23.2 Å². The first kappa shape index (κ1) is 28.6. The molecule has 190 valence electrons. The van der Waals surface area contributed by atoms with Crippen LogP contribution >= 0.6 is 23.7 Å². The Morgan fingerprint density at radius 3 is 2.65 bits per heavy atom. The molecule has 2 aliphatic rings. The summed E-state index contributed by atoms with van der Waals surface area (Å²) in [6.07, 6.45) is 8.60. The van der Waals surface area contributed by atoms with E-state index in [-0.39, 0.29) is 18.3 Å². The van der Waals surface area contributed by atoms with Crippen LogP contribution in [0.2, 0.25) is 0 Å². The van der Waals surface area contributed by atoms with Crippen LogP contribution in [0.3, 0.4) is 0 Å². The van der Waals surface area contributed by atoms with Crippen molar-refractivity contribution < 1.29 is 4.79 Å². The summed E-state index contributed by atoms with van der Waals surface area (Å²) in [5, 5.41) is 7.21. The van der Waals surface area contributed by atoms with Crippen molar-refractivity contribution in [1.82, 2.24) is 15.2 Å². The van der Waals surface area contributed by atoms with Crippen LogP contribution < -0.4 is 16.4 Å². The van der Waals surface area contributed by atoms with E-state index in [1.54, 1.807) is 11.3 Å². The largest absolute Gasteiger partial charge is 0.375 e. The molecule has 1 aromatic heterocycles. The maximum absolute atomic E-state index is 11.5. The van der Waals surface area contributed by atoms with Gasteiger partial charge in [0.25, 0.3) is 0 Å². The molecule has 0 unspecified atom stereocenters. The van der Waals surface area contributed by atoms with Crippen LogP contribution in [0.1, 0.15) is 68.2 Å². The smallest absolute Gasteiger partial charge is 0.228 e. The molecule has 1 aliphatic carbocycles. The number of hydrogen-bond acceptors (Lipinski definition) is 6. The van der Waals surface area contributed by atoms with Crippen LogP contribution in [-0.4, -0.2) is 48.0 Å². The number of thiazole rings is 1. The molecule has 1 atom stereocenters. The lowest BCUT2D eigenvalue weighted by Gasteiger charge is -2.21. The standard InChI is InChI=1S/C16H24N2O.C10H17N3S.ClH/c1-3-9-18(10-4-2)11-8-13-6-5-7-15-14(13)12-16(19)17-15;1-2-5-12-7-3-4-8-9(6-7)14-10(11)13-8;/h5-7H,3-4,8-12H2,1-2H3,(H,17,19);7,12H,2-6H2,1H3,(H2,11,13);1H/t;7-;/m.0./s1. The molecular weight excluding hydrogens is 466 g/mol.